The van der Waals surface area contributed by atoms with Crippen LogP contribution in [0.4, 0.5) is 11.4 Å². The summed E-state index contributed by atoms with van der Waals surface area (Å²) in [6.45, 7) is 0. The molecular formula is C17H20N2OS. The van der Waals surface area contributed by atoms with Crippen LogP contribution in [-0.2, 0) is 11.2 Å². The van der Waals surface area contributed by atoms with Crippen LogP contribution in [-0.4, -0.2) is 25.3 Å². The lowest BCUT2D eigenvalue weighted by atomic mass is 10.1. The number of thiol groups is 1. The van der Waals surface area contributed by atoms with Gasteiger partial charge in [0.15, 0.2) is 0 Å². The van der Waals surface area contributed by atoms with Crippen LogP contribution in [0.25, 0.3) is 0 Å². The Morgan fingerprint density at radius 3 is 2.38 bits per heavy atom. The highest BCUT2D eigenvalue weighted by molar-refractivity contribution is 7.81. The van der Waals surface area contributed by atoms with Crippen molar-refractivity contribution in [3.63, 3.8) is 0 Å². The van der Waals surface area contributed by atoms with Crippen molar-refractivity contribution in [3.8, 4) is 0 Å². The molecule has 0 aliphatic rings. The molecule has 0 spiro atoms. The average molecular weight is 300 g/mol. The summed E-state index contributed by atoms with van der Waals surface area (Å²) in [6.07, 6.45) is 0.611. The number of hydrogen-bond donors (Lipinski definition) is 2. The first-order valence-corrected chi connectivity index (χ1v) is 7.39. The SMILES string of the molecule is CN(C)c1ccccc1NC(=O)C(S)Cc1ccccc1. The summed E-state index contributed by atoms with van der Waals surface area (Å²) in [4.78, 5) is 14.3. The van der Waals surface area contributed by atoms with Crippen molar-refractivity contribution in [2.75, 3.05) is 24.3 Å². The molecule has 1 atom stereocenters. The molecule has 2 aromatic carbocycles. The molecule has 1 amide bonds. The van der Waals surface area contributed by atoms with Gasteiger partial charge in [0, 0.05) is 14.1 Å². The molecule has 0 radical (unpaired) electrons. The second kappa shape index (κ2) is 7.18. The van der Waals surface area contributed by atoms with Gasteiger partial charge in [0.2, 0.25) is 5.91 Å². The third-order valence-corrected chi connectivity index (χ3v) is 3.64. The Hall–Kier alpha value is -1.94. The van der Waals surface area contributed by atoms with Crippen LogP contribution in [0.15, 0.2) is 54.6 Å². The number of nitrogens with zero attached hydrogens (tertiary/aromatic N) is 1. The van der Waals surface area contributed by atoms with Crippen LogP contribution in [0.5, 0.6) is 0 Å². The number of para-hydroxylation sites is 2. The van der Waals surface area contributed by atoms with Gasteiger partial charge >= 0.3 is 0 Å². The third kappa shape index (κ3) is 4.26. The first-order chi connectivity index (χ1) is 10.1. The molecule has 2 aromatic rings. The fourth-order valence-corrected chi connectivity index (χ4v) is 2.39. The maximum atomic E-state index is 12.3. The summed E-state index contributed by atoms with van der Waals surface area (Å²) in [5.74, 6) is -0.0866. The molecule has 110 valence electrons. The van der Waals surface area contributed by atoms with Crippen LogP contribution in [0.3, 0.4) is 0 Å². The monoisotopic (exact) mass is 300 g/mol. The summed E-state index contributed by atoms with van der Waals surface area (Å²) in [5.41, 5.74) is 2.89. The van der Waals surface area contributed by atoms with E-state index < -0.39 is 0 Å². The Labute approximate surface area is 131 Å². The summed E-state index contributed by atoms with van der Waals surface area (Å²) in [6, 6.07) is 17.6. The lowest BCUT2D eigenvalue weighted by Crippen LogP contribution is -2.26. The Balaban J connectivity index is 2.04. The number of amides is 1. The predicted molar refractivity (Wildman–Crippen MR) is 92.3 cm³/mol. The summed E-state index contributed by atoms with van der Waals surface area (Å²) < 4.78 is 0. The number of hydrogen-bond acceptors (Lipinski definition) is 3. The maximum Gasteiger partial charge on any atom is 0.237 e. The van der Waals surface area contributed by atoms with Gasteiger partial charge in [-0.2, -0.15) is 12.6 Å². The molecular weight excluding hydrogens is 280 g/mol. The highest BCUT2D eigenvalue weighted by Gasteiger charge is 2.16. The quantitative estimate of drug-likeness (QED) is 0.831. The molecule has 1 N–H and O–H groups in total. The van der Waals surface area contributed by atoms with Gasteiger partial charge in [0.1, 0.15) is 0 Å². The highest BCUT2D eigenvalue weighted by Crippen LogP contribution is 2.24. The molecule has 4 heteroatoms. The van der Waals surface area contributed by atoms with E-state index in [0.29, 0.717) is 6.42 Å². The minimum absolute atomic E-state index is 0.0866. The van der Waals surface area contributed by atoms with Gasteiger partial charge in [-0.05, 0) is 24.1 Å². The first kappa shape index (κ1) is 15.4. The topological polar surface area (TPSA) is 32.3 Å². The zero-order chi connectivity index (χ0) is 15.2. The fourth-order valence-electron chi connectivity index (χ4n) is 2.12. The van der Waals surface area contributed by atoms with Crippen molar-refractivity contribution >= 4 is 29.9 Å². The summed E-state index contributed by atoms with van der Waals surface area (Å²) in [7, 11) is 3.90. The molecule has 0 aliphatic heterocycles. The molecule has 21 heavy (non-hydrogen) atoms. The Morgan fingerprint density at radius 1 is 1.10 bits per heavy atom. The number of nitrogens with one attached hydrogen (secondary N) is 1. The second-order valence-corrected chi connectivity index (χ2v) is 5.73. The number of benzene rings is 2. The van der Waals surface area contributed by atoms with E-state index in [1.54, 1.807) is 0 Å². The number of anilines is 2. The van der Waals surface area contributed by atoms with Crippen LogP contribution >= 0.6 is 12.6 Å². The number of carbonyl (C=O) groups is 1. The maximum absolute atomic E-state index is 12.3. The fraction of sp³-hybridized carbons (Fsp3) is 0.235. The van der Waals surface area contributed by atoms with Crippen molar-refractivity contribution in [1.29, 1.82) is 0 Å². The van der Waals surface area contributed by atoms with Gasteiger partial charge in [0.05, 0.1) is 16.6 Å². The third-order valence-electron chi connectivity index (χ3n) is 3.22. The molecule has 0 fully saturated rings. The largest absolute Gasteiger partial charge is 0.376 e. The van der Waals surface area contributed by atoms with Crippen LogP contribution in [0.1, 0.15) is 5.56 Å². The summed E-state index contributed by atoms with van der Waals surface area (Å²) >= 11 is 4.43. The first-order valence-electron chi connectivity index (χ1n) is 6.87. The van der Waals surface area contributed by atoms with Crippen LogP contribution in [0, 0.1) is 0 Å². The van der Waals surface area contributed by atoms with E-state index in [1.807, 2.05) is 73.6 Å². The van der Waals surface area contributed by atoms with Crippen molar-refractivity contribution in [1.82, 2.24) is 0 Å². The lowest BCUT2D eigenvalue weighted by molar-refractivity contribution is -0.115. The van der Waals surface area contributed by atoms with Gasteiger partial charge in [0.25, 0.3) is 0 Å². The lowest BCUT2D eigenvalue weighted by Gasteiger charge is -2.19. The molecule has 0 heterocycles. The molecule has 2 rings (SSSR count). The van der Waals surface area contributed by atoms with E-state index in [9.17, 15) is 4.79 Å². The van der Waals surface area contributed by atoms with E-state index >= 15 is 0 Å². The molecule has 0 bridgehead atoms. The van der Waals surface area contributed by atoms with Crippen molar-refractivity contribution in [2.45, 2.75) is 11.7 Å². The zero-order valence-corrected chi connectivity index (χ0v) is 13.2. The number of rotatable bonds is 5. The van der Waals surface area contributed by atoms with Crippen molar-refractivity contribution in [3.05, 3.63) is 60.2 Å². The molecule has 1 unspecified atom stereocenters. The summed E-state index contributed by atoms with van der Waals surface area (Å²) in [5, 5.41) is 2.58. The van der Waals surface area contributed by atoms with Gasteiger partial charge in [-0.15, -0.1) is 0 Å². The zero-order valence-electron chi connectivity index (χ0n) is 12.3. The highest BCUT2D eigenvalue weighted by atomic mass is 32.1. The molecule has 0 aromatic heterocycles. The molecule has 3 nitrogen and oxygen atoms in total. The van der Waals surface area contributed by atoms with Crippen molar-refractivity contribution < 1.29 is 4.79 Å². The minimum Gasteiger partial charge on any atom is -0.376 e. The number of carbonyl (C=O) groups excluding carboxylic acids is 1. The second-order valence-electron chi connectivity index (χ2n) is 5.11. The minimum atomic E-state index is -0.373. The van der Waals surface area contributed by atoms with Crippen LogP contribution < -0.4 is 10.2 Å². The predicted octanol–water partition coefficient (Wildman–Crippen LogP) is 3.23. The Kier molecular flexibility index (Phi) is 5.28. The van der Waals surface area contributed by atoms with E-state index in [-0.39, 0.29) is 11.2 Å². The normalized spacial score (nSPS) is 11.8. The van der Waals surface area contributed by atoms with E-state index in [2.05, 4.69) is 17.9 Å². The van der Waals surface area contributed by atoms with E-state index in [1.165, 1.54) is 0 Å². The van der Waals surface area contributed by atoms with Gasteiger partial charge in [-0.1, -0.05) is 42.5 Å². The Morgan fingerprint density at radius 2 is 1.71 bits per heavy atom. The van der Waals surface area contributed by atoms with Gasteiger partial charge in [-0.25, -0.2) is 0 Å². The van der Waals surface area contributed by atoms with Crippen molar-refractivity contribution in [2.24, 2.45) is 0 Å². The molecule has 0 saturated carbocycles. The van der Waals surface area contributed by atoms with Crippen LogP contribution in [0.2, 0.25) is 0 Å². The van der Waals surface area contributed by atoms with E-state index in [0.717, 1.165) is 16.9 Å². The van der Waals surface area contributed by atoms with E-state index in [4.69, 9.17) is 0 Å². The van der Waals surface area contributed by atoms with Gasteiger partial charge in [-0.3, -0.25) is 4.79 Å². The molecule has 0 aliphatic carbocycles. The average Bonchev–Trinajstić information content (AvgIpc) is 2.48. The standard InChI is InChI=1S/C17H20N2OS/c1-19(2)15-11-7-6-10-14(15)18-17(20)16(21)12-13-8-4-3-5-9-13/h3-11,16,21H,12H2,1-2H3,(H,18,20). The smallest absolute Gasteiger partial charge is 0.237 e. The molecule has 0 saturated heterocycles. The Bertz CT molecular complexity index is 599. The van der Waals surface area contributed by atoms with Gasteiger partial charge < -0.3 is 10.2 Å².